The van der Waals surface area contributed by atoms with E-state index < -0.39 is 31.8 Å². The van der Waals surface area contributed by atoms with Crippen LogP contribution in [0.1, 0.15) is 108 Å². The molecular formula is C27H48O3. The third-order valence-electron chi connectivity index (χ3n) is 10.6. The predicted molar refractivity (Wildman–Crippen MR) is 122 cm³/mol. The normalized spacial score (nSPS) is 56.5. The summed E-state index contributed by atoms with van der Waals surface area (Å²) in [5.41, 5.74) is -0.331. The molecule has 174 valence electrons. The molecule has 4 aliphatic rings. The fourth-order valence-corrected chi connectivity index (χ4v) is 8.93. The van der Waals surface area contributed by atoms with E-state index in [0.29, 0.717) is 25.7 Å². The SMILES string of the molecule is [2H]C([2H])([2H])C([2H])(CCC[C@@H](C)[C@H]1CC[C@H]2[C@@H]3[C@H](O)C[C@@H]4C[C@H](O)CC[C@]4(C)[C@H]3C[C@H](O)[C@]12C)C([2H])([2H])[2H]. The molecule has 0 aromatic carbocycles. The first kappa shape index (κ1) is 15.7. The van der Waals surface area contributed by atoms with Crippen molar-refractivity contribution in [2.45, 2.75) is 117 Å². The highest BCUT2D eigenvalue weighted by atomic mass is 16.3. The van der Waals surface area contributed by atoms with E-state index in [1.165, 1.54) is 0 Å². The van der Waals surface area contributed by atoms with E-state index in [1.807, 2.05) is 0 Å². The molecule has 11 atom stereocenters. The Hall–Kier alpha value is -0.120. The summed E-state index contributed by atoms with van der Waals surface area (Å²) in [6.07, 6.45) is 5.22. The molecular weight excluding hydrogens is 372 g/mol. The van der Waals surface area contributed by atoms with E-state index in [4.69, 9.17) is 9.60 Å². The van der Waals surface area contributed by atoms with Gasteiger partial charge in [-0.25, -0.2) is 0 Å². The molecule has 3 heteroatoms. The maximum absolute atomic E-state index is 11.7. The molecule has 0 spiro atoms. The van der Waals surface area contributed by atoms with Crippen LogP contribution in [0.5, 0.6) is 0 Å². The summed E-state index contributed by atoms with van der Waals surface area (Å²) in [5.74, 6) is -1.29. The largest absolute Gasteiger partial charge is 0.393 e. The molecule has 30 heavy (non-hydrogen) atoms. The molecule has 0 unspecified atom stereocenters. The van der Waals surface area contributed by atoms with Gasteiger partial charge in [0, 0.05) is 9.60 Å². The Morgan fingerprint density at radius 3 is 2.50 bits per heavy atom. The van der Waals surface area contributed by atoms with Gasteiger partial charge in [0.1, 0.15) is 0 Å². The molecule has 4 saturated carbocycles. The fraction of sp³-hybridized carbons (Fsp3) is 1.00. The van der Waals surface area contributed by atoms with Crippen LogP contribution in [0.15, 0.2) is 0 Å². The van der Waals surface area contributed by atoms with E-state index in [9.17, 15) is 15.3 Å². The van der Waals surface area contributed by atoms with Crippen LogP contribution in [0.25, 0.3) is 0 Å². The van der Waals surface area contributed by atoms with Crippen molar-refractivity contribution in [2.75, 3.05) is 0 Å². The minimum Gasteiger partial charge on any atom is -0.393 e. The molecule has 3 nitrogen and oxygen atoms in total. The summed E-state index contributed by atoms with van der Waals surface area (Å²) in [7, 11) is 0. The lowest BCUT2D eigenvalue weighted by Gasteiger charge is -2.63. The molecule has 0 aromatic heterocycles. The zero-order chi connectivity index (χ0) is 27.8. The van der Waals surface area contributed by atoms with Crippen molar-refractivity contribution in [2.24, 2.45) is 52.2 Å². The van der Waals surface area contributed by atoms with Crippen LogP contribution in [0.4, 0.5) is 0 Å². The number of aliphatic hydroxyl groups excluding tert-OH is 3. The Balaban J connectivity index is 1.49. The van der Waals surface area contributed by atoms with E-state index >= 15 is 0 Å². The van der Waals surface area contributed by atoms with E-state index in [-0.39, 0.29) is 58.9 Å². The van der Waals surface area contributed by atoms with Crippen molar-refractivity contribution in [1.29, 1.82) is 0 Å². The highest BCUT2D eigenvalue weighted by Crippen LogP contribution is 2.68. The van der Waals surface area contributed by atoms with Gasteiger partial charge in [-0.15, -0.1) is 0 Å². The van der Waals surface area contributed by atoms with Gasteiger partial charge < -0.3 is 15.3 Å². The standard InChI is InChI=1S/C27H48O3/c1-16(2)7-6-8-17(3)20-9-10-21-25-22(15-24(30)27(20,21)5)26(4)12-11-19(28)13-18(26)14-23(25)29/h16-25,28-30H,6-15H2,1-5H3/t17-,18+,19-,20-,21+,22+,23-,24+,25+,26+,27-/m1/s1/i1D3,2D3,16D. The maximum atomic E-state index is 11.7. The number of hydrogen-bond acceptors (Lipinski definition) is 3. The molecule has 4 aliphatic carbocycles. The van der Waals surface area contributed by atoms with Crippen molar-refractivity contribution in [3.05, 3.63) is 0 Å². The molecule has 0 saturated heterocycles. The smallest absolute Gasteiger partial charge is 0.0602 e. The van der Waals surface area contributed by atoms with Crippen molar-refractivity contribution >= 4 is 0 Å². The van der Waals surface area contributed by atoms with Crippen LogP contribution in [-0.4, -0.2) is 33.6 Å². The molecule has 4 rings (SSSR count). The second-order valence-electron chi connectivity index (χ2n) is 11.9. The summed E-state index contributed by atoms with van der Waals surface area (Å²) in [6, 6.07) is 0. The first-order valence-electron chi connectivity index (χ1n) is 15.9. The summed E-state index contributed by atoms with van der Waals surface area (Å²) in [5, 5.41) is 33.4. The lowest BCUT2D eigenvalue weighted by atomic mass is 9.43. The highest BCUT2D eigenvalue weighted by Gasteiger charge is 2.65. The average Bonchev–Trinajstić information content (AvgIpc) is 3.12. The number of aliphatic hydroxyl groups is 3. The van der Waals surface area contributed by atoms with Gasteiger partial charge in [-0.2, -0.15) is 0 Å². The van der Waals surface area contributed by atoms with Gasteiger partial charge in [0.25, 0.3) is 0 Å². The van der Waals surface area contributed by atoms with Crippen molar-refractivity contribution in [1.82, 2.24) is 0 Å². The lowest BCUT2D eigenvalue weighted by Crippen LogP contribution is -2.62. The van der Waals surface area contributed by atoms with Crippen LogP contribution in [0.2, 0.25) is 0 Å². The Labute approximate surface area is 194 Å². The van der Waals surface area contributed by atoms with Crippen LogP contribution in [0.3, 0.4) is 0 Å². The molecule has 0 aliphatic heterocycles. The van der Waals surface area contributed by atoms with Crippen LogP contribution >= 0.6 is 0 Å². The zero-order valence-electron chi connectivity index (χ0n) is 26.1. The van der Waals surface area contributed by atoms with Crippen molar-refractivity contribution in [3.8, 4) is 0 Å². The van der Waals surface area contributed by atoms with Gasteiger partial charge in [-0.1, -0.05) is 53.7 Å². The Bertz CT molecular complexity index is 818. The topological polar surface area (TPSA) is 60.7 Å². The van der Waals surface area contributed by atoms with Crippen molar-refractivity contribution in [3.63, 3.8) is 0 Å². The van der Waals surface area contributed by atoms with E-state index in [2.05, 4.69) is 20.8 Å². The molecule has 0 aromatic rings. The number of rotatable bonds is 5. The van der Waals surface area contributed by atoms with Gasteiger partial charge >= 0.3 is 0 Å². The number of fused-ring (bicyclic) bond motifs is 5. The minimum absolute atomic E-state index is 0.0249. The Kier molecular flexibility index (Phi) is 4.36. The van der Waals surface area contributed by atoms with Crippen LogP contribution in [0, 0.1) is 52.2 Å². The Morgan fingerprint density at radius 1 is 1.00 bits per heavy atom. The van der Waals surface area contributed by atoms with E-state index in [1.54, 1.807) is 0 Å². The van der Waals surface area contributed by atoms with Crippen LogP contribution in [-0.2, 0) is 0 Å². The molecule has 0 radical (unpaired) electrons. The highest BCUT2D eigenvalue weighted by molar-refractivity contribution is 5.14. The van der Waals surface area contributed by atoms with E-state index in [0.717, 1.165) is 32.1 Å². The van der Waals surface area contributed by atoms with Crippen molar-refractivity contribution < 1.29 is 24.9 Å². The maximum Gasteiger partial charge on any atom is 0.0602 e. The molecule has 3 N–H and O–H groups in total. The third-order valence-corrected chi connectivity index (χ3v) is 10.6. The zero-order valence-corrected chi connectivity index (χ0v) is 19.1. The monoisotopic (exact) mass is 427 g/mol. The summed E-state index contributed by atoms with van der Waals surface area (Å²) in [4.78, 5) is 0. The predicted octanol–water partition coefficient (Wildman–Crippen LogP) is 5.41. The third kappa shape index (κ3) is 3.59. The second-order valence-corrected chi connectivity index (χ2v) is 11.9. The first-order valence-corrected chi connectivity index (χ1v) is 12.4. The lowest BCUT2D eigenvalue weighted by molar-refractivity contribution is -0.207. The molecule has 4 fully saturated rings. The summed E-state index contributed by atoms with van der Waals surface area (Å²) in [6.45, 7) is 0.838. The Morgan fingerprint density at radius 2 is 1.77 bits per heavy atom. The van der Waals surface area contributed by atoms with Gasteiger partial charge in [0.2, 0.25) is 0 Å². The first-order chi connectivity index (χ1) is 16.9. The van der Waals surface area contributed by atoms with Crippen LogP contribution < -0.4 is 0 Å². The minimum atomic E-state index is -2.89. The fourth-order valence-electron chi connectivity index (χ4n) is 8.93. The van der Waals surface area contributed by atoms with Gasteiger partial charge in [-0.3, -0.25) is 0 Å². The summed E-state index contributed by atoms with van der Waals surface area (Å²) < 4.78 is 54.4. The average molecular weight is 428 g/mol. The quantitative estimate of drug-likeness (QED) is 0.550. The number of hydrogen-bond donors (Lipinski definition) is 3. The molecule has 0 amide bonds. The van der Waals surface area contributed by atoms with Gasteiger partial charge in [-0.05, 0) is 97.2 Å². The van der Waals surface area contributed by atoms with Gasteiger partial charge in [0.05, 0.1) is 18.3 Å². The second kappa shape index (κ2) is 8.34. The van der Waals surface area contributed by atoms with Gasteiger partial charge in [0.15, 0.2) is 0 Å². The summed E-state index contributed by atoms with van der Waals surface area (Å²) >= 11 is 0. The molecule has 0 heterocycles. The molecule has 0 bridgehead atoms.